The van der Waals surface area contributed by atoms with Crippen LogP contribution in [0.2, 0.25) is 0 Å². The summed E-state index contributed by atoms with van der Waals surface area (Å²) < 4.78 is 0. The highest BCUT2D eigenvalue weighted by Crippen LogP contribution is 2.05. The van der Waals surface area contributed by atoms with Gasteiger partial charge in [0.2, 0.25) is 0 Å². The topological polar surface area (TPSA) is 0 Å². The molecule has 0 atom stereocenters. The van der Waals surface area contributed by atoms with Crippen LogP contribution in [0.25, 0.3) is 12.2 Å². The Morgan fingerprint density at radius 3 is 2.43 bits per heavy atom. The van der Waals surface area contributed by atoms with Gasteiger partial charge in [-0.2, -0.15) is 0 Å². The standard InChI is InChI=1S/C14H10/c1-3-7-13(8-4-1)11-12-14-9-5-2-6-10-14/h1-5,7-9,11-12H. The Labute approximate surface area is 84.5 Å². The molecule has 0 aliphatic carbocycles. The number of benzene rings is 1. The van der Waals surface area contributed by atoms with Crippen LogP contribution in [0.1, 0.15) is 11.1 Å². The van der Waals surface area contributed by atoms with E-state index in [4.69, 9.17) is 0 Å². The first-order chi connectivity index (χ1) is 6.95. The third-order valence-electron chi connectivity index (χ3n) is 1.93. The molecule has 66 valence electrons. The molecule has 0 unspecified atom stereocenters. The summed E-state index contributed by atoms with van der Waals surface area (Å²) in [6.45, 7) is 0. The smallest absolute Gasteiger partial charge is 0.0249 e. The summed E-state index contributed by atoms with van der Waals surface area (Å²) in [7, 11) is 0. The normalized spacial score (nSPS) is 10.0. The van der Waals surface area contributed by atoms with Crippen LogP contribution < -0.4 is 0 Å². The monoisotopic (exact) mass is 178 g/mol. The number of hydrogen-bond donors (Lipinski definition) is 0. The first-order valence-electron chi connectivity index (χ1n) is 4.57. The highest BCUT2D eigenvalue weighted by Gasteiger charge is 1.83. The third kappa shape index (κ3) is 2.24. The minimum atomic E-state index is 1.05. The van der Waals surface area contributed by atoms with Crippen molar-refractivity contribution in [1.29, 1.82) is 0 Å². The predicted octanol–water partition coefficient (Wildman–Crippen LogP) is 3.46. The van der Waals surface area contributed by atoms with E-state index in [0.717, 1.165) is 5.56 Å². The molecule has 0 bridgehead atoms. The lowest BCUT2D eigenvalue weighted by atomic mass is 10.2. The maximum Gasteiger partial charge on any atom is 0.0249 e. The molecule has 0 heteroatoms. The second-order valence-corrected chi connectivity index (χ2v) is 2.99. The molecule has 0 radical (unpaired) electrons. The SMILES string of the molecule is c1cccc(C=Cc2ccccc2)c#1. The second-order valence-electron chi connectivity index (χ2n) is 2.99. The summed E-state index contributed by atoms with van der Waals surface area (Å²) in [6, 6.07) is 22.0. The molecule has 0 aliphatic heterocycles. The van der Waals surface area contributed by atoms with Crippen molar-refractivity contribution >= 4 is 12.2 Å². The van der Waals surface area contributed by atoms with Gasteiger partial charge in [-0.05, 0) is 23.8 Å². The maximum absolute atomic E-state index is 3.03. The van der Waals surface area contributed by atoms with Crippen molar-refractivity contribution in [2.24, 2.45) is 0 Å². The van der Waals surface area contributed by atoms with E-state index in [9.17, 15) is 0 Å². The van der Waals surface area contributed by atoms with Crippen LogP contribution in [-0.2, 0) is 0 Å². The van der Waals surface area contributed by atoms with Crippen LogP contribution in [0, 0.1) is 12.1 Å². The Morgan fingerprint density at radius 2 is 1.71 bits per heavy atom. The van der Waals surface area contributed by atoms with Gasteiger partial charge in [0.15, 0.2) is 0 Å². The van der Waals surface area contributed by atoms with Crippen molar-refractivity contribution in [3.8, 4) is 0 Å². The van der Waals surface area contributed by atoms with Crippen molar-refractivity contribution < 1.29 is 0 Å². The molecule has 2 aromatic rings. The third-order valence-corrected chi connectivity index (χ3v) is 1.93. The molecule has 2 rings (SSSR count). The highest BCUT2D eigenvalue weighted by atomic mass is 13.9. The van der Waals surface area contributed by atoms with Gasteiger partial charge < -0.3 is 0 Å². The molecule has 0 aromatic heterocycles. The number of rotatable bonds is 2. The Kier molecular flexibility index (Phi) is 2.64. The molecule has 0 N–H and O–H groups in total. The van der Waals surface area contributed by atoms with E-state index < -0.39 is 0 Å². The highest BCUT2D eigenvalue weighted by molar-refractivity contribution is 5.68. The number of hydrogen-bond acceptors (Lipinski definition) is 0. The van der Waals surface area contributed by atoms with E-state index in [1.165, 1.54) is 5.56 Å². The van der Waals surface area contributed by atoms with Gasteiger partial charge in [0, 0.05) is 5.56 Å². The molecule has 0 spiro atoms. The van der Waals surface area contributed by atoms with E-state index in [0.29, 0.717) is 0 Å². The molecule has 0 heterocycles. The minimum absolute atomic E-state index is 1.05. The molecule has 0 amide bonds. The summed E-state index contributed by atoms with van der Waals surface area (Å²) in [6.07, 6.45) is 4.10. The molecule has 0 nitrogen and oxygen atoms in total. The van der Waals surface area contributed by atoms with Gasteiger partial charge in [-0.25, -0.2) is 0 Å². The van der Waals surface area contributed by atoms with E-state index in [1.54, 1.807) is 0 Å². The van der Waals surface area contributed by atoms with Crippen LogP contribution in [0.3, 0.4) is 0 Å². The van der Waals surface area contributed by atoms with Crippen molar-refractivity contribution in [1.82, 2.24) is 0 Å². The summed E-state index contributed by atoms with van der Waals surface area (Å²) in [5.74, 6) is 0. The van der Waals surface area contributed by atoms with Crippen LogP contribution in [0.5, 0.6) is 0 Å². The zero-order chi connectivity index (χ0) is 9.64. The van der Waals surface area contributed by atoms with E-state index in [1.807, 2.05) is 42.5 Å². The van der Waals surface area contributed by atoms with Crippen LogP contribution >= 0.6 is 0 Å². The lowest BCUT2D eigenvalue weighted by molar-refractivity contribution is 1.66. The minimum Gasteiger partial charge on any atom is -0.0696 e. The van der Waals surface area contributed by atoms with E-state index in [2.05, 4.69) is 30.3 Å². The van der Waals surface area contributed by atoms with Gasteiger partial charge in [-0.1, -0.05) is 54.6 Å². The van der Waals surface area contributed by atoms with Gasteiger partial charge in [0.05, 0.1) is 0 Å². The lowest BCUT2D eigenvalue weighted by Crippen LogP contribution is -1.69. The fourth-order valence-electron chi connectivity index (χ4n) is 1.21. The Bertz CT molecular complexity index is 357. The molecule has 0 saturated carbocycles. The van der Waals surface area contributed by atoms with Crippen molar-refractivity contribution in [2.45, 2.75) is 0 Å². The first-order valence-corrected chi connectivity index (χ1v) is 4.57. The van der Waals surface area contributed by atoms with Crippen LogP contribution in [0.4, 0.5) is 0 Å². The molecule has 0 aliphatic rings. The zero-order valence-electron chi connectivity index (χ0n) is 7.77. The van der Waals surface area contributed by atoms with Crippen molar-refractivity contribution in [3.63, 3.8) is 0 Å². The molecule has 14 heavy (non-hydrogen) atoms. The summed E-state index contributed by atoms with van der Waals surface area (Å²) in [4.78, 5) is 0. The van der Waals surface area contributed by atoms with E-state index in [-0.39, 0.29) is 0 Å². The molecular weight excluding hydrogens is 168 g/mol. The van der Waals surface area contributed by atoms with Gasteiger partial charge in [-0.15, -0.1) is 0 Å². The van der Waals surface area contributed by atoms with Gasteiger partial charge in [0.25, 0.3) is 0 Å². The van der Waals surface area contributed by atoms with Crippen LogP contribution in [-0.4, -0.2) is 0 Å². The molecule has 2 aromatic carbocycles. The second kappa shape index (κ2) is 4.30. The summed E-state index contributed by atoms with van der Waals surface area (Å²) >= 11 is 0. The largest absolute Gasteiger partial charge is 0.0696 e. The predicted molar refractivity (Wildman–Crippen MR) is 59.5 cm³/mol. The lowest BCUT2D eigenvalue weighted by Gasteiger charge is -1.90. The average molecular weight is 178 g/mol. The van der Waals surface area contributed by atoms with Gasteiger partial charge in [0.1, 0.15) is 0 Å². The summed E-state index contributed by atoms with van der Waals surface area (Å²) in [5, 5.41) is 0. The van der Waals surface area contributed by atoms with Crippen molar-refractivity contribution in [3.05, 3.63) is 71.8 Å². The molecule has 0 saturated heterocycles. The average Bonchev–Trinajstić information content (AvgIpc) is 2.29. The maximum atomic E-state index is 3.03. The summed E-state index contributed by atoms with van der Waals surface area (Å²) in [5.41, 5.74) is 2.25. The Hall–Kier alpha value is -2.00. The van der Waals surface area contributed by atoms with Crippen LogP contribution in [0.15, 0.2) is 48.5 Å². The molecule has 0 fully saturated rings. The fourth-order valence-corrected chi connectivity index (χ4v) is 1.21. The molecular formula is C14H10. The van der Waals surface area contributed by atoms with E-state index >= 15 is 0 Å². The quantitative estimate of drug-likeness (QED) is 0.660. The zero-order valence-corrected chi connectivity index (χ0v) is 7.77. The Morgan fingerprint density at radius 1 is 0.857 bits per heavy atom. The van der Waals surface area contributed by atoms with Gasteiger partial charge in [-0.3, -0.25) is 0 Å². The van der Waals surface area contributed by atoms with Gasteiger partial charge >= 0.3 is 0 Å². The first kappa shape index (κ1) is 8.59. The van der Waals surface area contributed by atoms with Crippen molar-refractivity contribution in [2.75, 3.05) is 0 Å². The fraction of sp³-hybridized carbons (Fsp3) is 0. The Balaban J connectivity index is 2.16.